The number of carbonyl (C=O) groups is 2. The van der Waals surface area contributed by atoms with Crippen molar-refractivity contribution in [1.29, 1.82) is 0 Å². The van der Waals surface area contributed by atoms with Gasteiger partial charge in [0.25, 0.3) is 5.91 Å². The van der Waals surface area contributed by atoms with Crippen molar-refractivity contribution in [3.05, 3.63) is 68.9 Å². The van der Waals surface area contributed by atoms with Gasteiger partial charge in [-0.3, -0.25) is 10.1 Å². The van der Waals surface area contributed by atoms with Crippen LogP contribution in [0.3, 0.4) is 0 Å². The molecule has 1 aromatic heterocycles. The quantitative estimate of drug-likeness (QED) is 0.434. The lowest BCUT2D eigenvalue weighted by molar-refractivity contribution is -0.119. The summed E-state index contributed by atoms with van der Waals surface area (Å²) in [6.45, 7) is -0.407. The average Bonchev–Trinajstić information content (AvgIpc) is 3.09. The maximum Gasteiger partial charge on any atom is 0.339 e. The average molecular weight is 482 g/mol. The summed E-state index contributed by atoms with van der Waals surface area (Å²) < 4.78 is 18.7. The number of carbonyl (C=O) groups excluding carboxylic acids is 2. The van der Waals surface area contributed by atoms with Crippen LogP contribution in [0.15, 0.2) is 53.9 Å². The number of esters is 1. The van der Waals surface area contributed by atoms with Crippen LogP contribution in [0.2, 0.25) is 0 Å². The van der Waals surface area contributed by atoms with E-state index in [1.807, 2.05) is 28.7 Å². The lowest BCUT2D eigenvalue weighted by Crippen LogP contribution is -2.21. The van der Waals surface area contributed by atoms with Crippen LogP contribution < -0.4 is 5.32 Å². The van der Waals surface area contributed by atoms with Crippen molar-refractivity contribution < 1.29 is 18.7 Å². The first-order valence-electron chi connectivity index (χ1n) is 7.46. The first-order valence-corrected chi connectivity index (χ1v) is 9.42. The number of nitrogens with zero attached hydrogens (tertiary/aromatic N) is 1. The maximum absolute atomic E-state index is 13.0. The summed E-state index contributed by atoms with van der Waals surface area (Å²) >= 11 is 3.26. The number of amides is 1. The molecule has 1 heterocycles. The van der Waals surface area contributed by atoms with Gasteiger partial charge in [0.2, 0.25) is 0 Å². The predicted octanol–water partition coefficient (Wildman–Crippen LogP) is 4.35. The van der Waals surface area contributed by atoms with Crippen LogP contribution in [0.4, 0.5) is 9.52 Å². The van der Waals surface area contributed by atoms with Crippen molar-refractivity contribution in [2.24, 2.45) is 0 Å². The molecule has 5 nitrogen and oxygen atoms in total. The zero-order valence-corrected chi connectivity index (χ0v) is 16.2. The Morgan fingerprint density at radius 2 is 1.88 bits per heavy atom. The summed E-state index contributed by atoms with van der Waals surface area (Å²) in [5.74, 6) is -1.37. The van der Waals surface area contributed by atoms with Gasteiger partial charge in [0.05, 0.1) is 11.3 Å². The SMILES string of the molecule is O=C(COC(=O)c1ccccc1I)Nc1nc(-c2ccc(F)cc2)cs1. The summed E-state index contributed by atoms with van der Waals surface area (Å²) in [7, 11) is 0. The minimum Gasteiger partial charge on any atom is -0.452 e. The van der Waals surface area contributed by atoms with Gasteiger partial charge in [-0.15, -0.1) is 11.3 Å². The van der Waals surface area contributed by atoms with E-state index in [1.54, 1.807) is 35.7 Å². The molecule has 0 bridgehead atoms. The van der Waals surface area contributed by atoms with Crippen LogP contribution in [0, 0.1) is 9.39 Å². The number of ether oxygens (including phenoxy) is 1. The van der Waals surface area contributed by atoms with Crippen molar-refractivity contribution in [3.8, 4) is 11.3 Å². The van der Waals surface area contributed by atoms with Crippen molar-refractivity contribution >= 4 is 50.9 Å². The lowest BCUT2D eigenvalue weighted by atomic mass is 10.2. The standard InChI is InChI=1S/C18H12FIN2O3S/c19-12-7-5-11(6-8-12)15-10-26-18(21-15)22-16(23)9-25-17(24)13-3-1-2-4-14(13)20/h1-8,10H,9H2,(H,21,22,23). The molecule has 0 aliphatic heterocycles. The smallest absolute Gasteiger partial charge is 0.339 e. The van der Waals surface area contributed by atoms with E-state index in [-0.39, 0.29) is 5.82 Å². The van der Waals surface area contributed by atoms with E-state index in [0.717, 1.165) is 9.13 Å². The largest absolute Gasteiger partial charge is 0.452 e. The highest BCUT2D eigenvalue weighted by molar-refractivity contribution is 14.1. The van der Waals surface area contributed by atoms with Crippen molar-refractivity contribution in [3.63, 3.8) is 0 Å². The summed E-state index contributed by atoms with van der Waals surface area (Å²) in [5.41, 5.74) is 1.78. The van der Waals surface area contributed by atoms with E-state index in [0.29, 0.717) is 16.4 Å². The van der Waals surface area contributed by atoms with Gasteiger partial charge in [-0.2, -0.15) is 0 Å². The zero-order valence-electron chi connectivity index (χ0n) is 13.2. The molecule has 0 atom stereocenters. The second-order valence-corrected chi connectivity index (χ2v) is 7.17. The summed E-state index contributed by atoms with van der Waals surface area (Å²) in [6.07, 6.45) is 0. The van der Waals surface area contributed by atoms with Crippen LogP contribution in [0.5, 0.6) is 0 Å². The van der Waals surface area contributed by atoms with Gasteiger partial charge in [-0.25, -0.2) is 14.2 Å². The minimum absolute atomic E-state index is 0.326. The molecule has 3 aromatic rings. The molecule has 8 heteroatoms. The summed E-state index contributed by atoms with van der Waals surface area (Å²) in [5, 5.41) is 4.71. The zero-order chi connectivity index (χ0) is 18.5. The summed E-state index contributed by atoms with van der Waals surface area (Å²) in [6, 6.07) is 12.9. The second kappa shape index (κ2) is 8.37. The van der Waals surface area contributed by atoms with Gasteiger partial charge in [-0.1, -0.05) is 12.1 Å². The van der Waals surface area contributed by atoms with Gasteiger partial charge in [-0.05, 0) is 59.0 Å². The molecule has 0 saturated heterocycles. The molecule has 2 aromatic carbocycles. The van der Waals surface area contributed by atoms with Crippen LogP contribution in [0.1, 0.15) is 10.4 Å². The Morgan fingerprint density at radius 3 is 2.62 bits per heavy atom. The van der Waals surface area contributed by atoms with E-state index in [1.165, 1.54) is 23.5 Å². The number of halogens is 2. The number of aromatic nitrogens is 1. The molecule has 26 heavy (non-hydrogen) atoms. The predicted molar refractivity (Wildman–Crippen MR) is 106 cm³/mol. The molecule has 0 saturated carbocycles. The maximum atomic E-state index is 13.0. The van der Waals surface area contributed by atoms with E-state index in [9.17, 15) is 14.0 Å². The molecule has 0 spiro atoms. The highest BCUT2D eigenvalue weighted by atomic mass is 127. The number of rotatable bonds is 5. The number of anilines is 1. The highest BCUT2D eigenvalue weighted by Gasteiger charge is 2.14. The van der Waals surface area contributed by atoms with Gasteiger partial charge >= 0.3 is 5.97 Å². The van der Waals surface area contributed by atoms with Crippen LogP contribution in [-0.4, -0.2) is 23.5 Å². The Bertz CT molecular complexity index is 944. The van der Waals surface area contributed by atoms with E-state index >= 15 is 0 Å². The third kappa shape index (κ3) is 4.64. The summed E-state index contributed by atoms with van der Waals surface area (Å²) in [4.78, 5) is 28.2. The monoisotopic (exact) mass is 482 g/mol. The Balaban J connectivity index is 1.56. The van der Waals surface area contributed by atoms with Gasteiger partial charge in [0, 0.05) is 14.5 Å². The van der Waals surface area contributed by atoms with Crippen LogP contribution >= 0.6 is 33.9 Å². The van der Waals surface area contributed by atoms with Gasteiger partial charge < -0.3 is 4.74 Å². The van der Waals surface area contributed by atoms with Crippen LogP contribution in [-0.2, 0) is 9.53 Å². The molecule has 0 unspecified atom stereocenters. The molecule has 0 aliphatic rings. The molecule has 0 aliphatic carbocycles. The van der Waals surface area contributed by atoms with Crippen LogP contribution in [0.25, 0.3) is 11.3 Å². The first kappa shape index (κ1) is 18.5. The molecular formula is C18H12FIN2O3S. The van der Waals surface area contributed by atoms with Gasteiger partial charge in [0.1, 0.15) is 5.82 Å². The highest BCUT2D eigenvalue weighted by Crippen LogP contribution is 2.25. The lowest BCUT2D eigenvalue weighted by Gasteiger charge is -2.06. The fraction of sp³-hybridized carbons (Fsp3) is 0.0556. The number of hydrogen-bond acceptors (Lipinski definition) is 5. The normalized spacial score (nSPS) is 10.4. The Labute approximate surface area is 166 Å². The molecule has 132 valence electrons. The topological polar surface area (TPSA) is 68.3 Å². The van der Waals surface area contributed by atoms with Crippen molar-refractivity contribution in [2.45, 2.75) is 0 Å². The minimum atomic E-state index is -0.559. The first-order chi connectivity index (χ1) is 12.5. The van der Waals surface area contributed by atoms with Crippen molar-refractivity contribution in [1.82, 2.24) is 4.98 Å². The number of nitrogens with one attached hydrogen (secondary N) is 1. The van der Waals surface area contributed by atoms with E-state index in [2.05, 4.69) is 10.3 Å². The van der Waals surface area contributed by atoms with Crippen molar-refractivity contribution in [2.75, 3.05) is 11.9 Å². The fourth-order valence-electron chi connectivity index (χ4n) is 2.08. The Morgan fingerprint density at radius 1 is 1.15 bits per heavy atom. The molecule has 0 radical (unpaired) electrons. The Kier molecular flexibility index (Phi) is 5.94. The Hall–Kier alpha value is -2.33. The van der Waals surface area contributed by atoms with Gasteiger partial charge in [0.15, 0.2) is 11.7 Å². The number of thiazole rings is 1. The fourth-order valence-corrected chi connectivity index (χ4v) is 3.42. The molecule has 1 N–H and O–H groups in total. The molecule has 1 amide bonds. The van der Waals surface area contributed by atoms with E-state index in [4.69, 9.17) is 4.74 Å². The number of hydrogen-bond donors (Lipinski definition) is 1. The third-order valence-corrected chi connectivity index (χ3v) is 5.02. The third-order valence-electron chi connectivity index (χ3n) is 3.32. The molecular weight excluding hydrogens is 470 g/mol. The number of benzene rings is 2. The molecule has 3 rings (SSSR count). The molecule has 0 fully saturated rings. The second-order valence-electron chi connectivity index (χ2n) is 5.15. The van der Waals surface area contributed by atoms with E-state index < -0.39 is 18.5 Å².